The average molecular weight is 251 g/mol. The van der Waals surface area contributed by atoms with Crippen LogP contribution in [0.2, 0.25) is 0 Å². The first-order chi connectivity index (χ1) is 8.70. The second-order valence-electron chi connectivity index (χ2n) is 4.07. The van der Waals surface area contributed by atoms with E-state index >= 15 is 0 Å². The number of anilines is 1. The van der Waals surface area contributed by atoms with E-state index in [-0.39, 0.29) is 12.2 Å². The van der Waals surface area contributed by atoms with Crippen LogP contribution in [-0.2, 0) is 19.0 Å². The van der Waals surface area contributed by atoms with Gasteiger partial charge in [0, 0.05) is 18.4 Å². The van der Waals surface area contributed by atoms with Gasteiger partial charge in [-0.2, -0.15) is 0 Å². The molecule has 0 saturated carbocycles. The number of methoxy groups -OCH3 is 1. The number of hydrogen-bond donors (Lipinski definition) is 1. The van der Waals surface area contributed by atoms with Gasteiger partial charge in [0.05, 0.1) is 13.2 Å². The molecule has 1 aromatic rings. The summed E-state index contributed by atoms with van der Waals surface area (Å²) in [5.74, 6) is -0.178. The number of ether oxygens (including phenoxy) is 3. The predicted molar refractivity (Wildman–Crippen MR) is 66.2 cm³/mol. The fraction of sp³-hybridized carbons (Fsp3) is 0.462. The van der Waals surface area contributed by atoms with Gasteiger partial charge in [0.1, 0.15) is 6.10 Å². The van der Waals surface area contributed by atoms with Crippen molar-refractivity contribution in [1.29, 1.82) is 0 Å². The van der Waals surface area contributed by atoms with Crippen molar-refractivity contribution in [3.05, 3.63) is 29.8 Å². The molecule has 1 aromatic carbocycles. The lowest BCUT2D eigenvalue weighted by Gasteiger charge is -2.13. The van der Waals surface area contributed by atoms with Crippen molar-refractivity contribution in [2.75, 3.05) is 25.6 Å². The highest BCUT2D eigenvalue weighted by atomic mass is 16.7. The minimum atomic E-state index is -0.479. The Labute approximate surface area is 106 Å². The first kappa shape index (κ1) is 13.0. The maximum atomic E-state index is 11.7. The highest BCUT2D eigenvalue weighted by molar-refractivity contribution is 5.93. The Kier molecular flexibility index (Phi) is 4.30. The van der Waals surface area contributed by atoms with Gasteiger partial charge < -0.3 is 19.5 Å². The molecule has 5 heteroatoms. The molecule has 1 atom stereocenters. The smallest absolute Gasteiger partial charge is 0.253 e. The quantitative estimate of drug-likeness (QED) is 0.885. The zero-order chi connectivity index (χ0) is 13.0. The highest BCUT2D eigenvalue weighted by Crippen LogP contribution is 2.25. The lowest BCUT2D eigenvalue weighted by Crippen LogP contribution is -2.26. The van der Waals surface area contributed by atoms with E-state index in [2.05, 4.69) is 5.32 Å². The van der Waals surface area contributed by atoms with Crippen molar-refractivity contribution in [3.8, 4) is 0 Å². The minimum absolute atomic E-state index is 0.178. The molecule has 0 bridgehead atoms. The zero-order valence-electron chi connectivity index (χ0n) is 10.5. The fourth-order valence-electron chi connectivity index (χ4n) is 1.66. The van der Waals surface area contributed by atoms with E-state index in [0.29, 0.717) is 18.9 Å². The maximum Gasteiger partial charge on any atom is 0.253 e. The molecule has 1 N–H and O–H groups in total. The molecule has 98 valence electrons. The lowest BCUT2D eigenvalue weighted by molar-refractivity contribution is -0.124. The molecule has 0 spiro atoms. The third kappa shape index (κ3) is 3.07. The average Bonchev–Trinajstić information content (AvgIpc) is 2.92. The predicted octanol–water partition coefficient (Wildman–Crippen LogP) is 1.71. The Morgan fingerprint density at radius 3 is 2.83 bits per heavy atom. The Morgan fingerprint density at radius 2 is 2.17 bits per heavy atom. The number of rotatable bonds is 4. The zero-order valence-corrected chi connectivity index (χ0v) is 10.5. The van der Waals surface area contributed by atoms with Crippen LogP contribution in [0, 0.1) is 0 Å². The van der Waals surface area contributed by atoms with Gasteiger partial charge in [-0.3, -0.25) is 4.79 Å². The summed E-state index contributed by atoms with van der Waals surface area (Å²) in [4.78, 5) is 11.7. The largest absolute Gasteiger partial charge is 0.372 e. The first-order valence-corrected chi connectivity index (χ1v) is 5.87. The molecule has 0 aliphatic carbocycles. The van der Waals surface area contributed by atoms with Crippen LogP contribution in [0.3, 0.4) is 0 Å². The number of benzene rings is 1. The van der Waals surface area contributed by atoms with E-state index in [1.54, 1.807) is 6.92 Å². The van der Waals surface area contributed by atoms with Crippen LogP contribution in [0.1, 0.15) is 18.8 Å². The van der Waals surface area contributed by atoms with Gasteiger partial charge in [0.2, 0.25) is 0 Å². The number of carbonyl (C=O) groups excluding carboxylic acids is 1. The highest BCUT2D eigenvalue weighted by Gasteiger charge is 2.19. The van der Waals surface area contributed by atoms with Gasteiger partial charge >= 0.3 is 0 Å². The number of amides is 1. The van der Waals surface area contributed by atoms with Crippen LogP contribution >= 0.6 is 0 Å². The summed E-state index contributed by atoms with van der Waals surface area (Å²) < 4.78 is 15.8. The Hall–Kier alpha value is -1.43. The molecule has 0 radical (unpaired) electrons. The summed E-state index contributed by atoms with van der Waals surface area (Å²) in [7, 11) is 1.50. The van der Waals surface area contributed by atoms with Crippen LogP contribution in [-0.4, -0.2) is 32.3 Å². The second kappa shape index (κ2) is 5.95. The van der Waals surface area contributed by atoms with E-state index in [9.17, 15) is 4.79 Å². The number of nitrogens with one attached hydrogen (secondary N) is 1. The molecule has 1 heterocycles. The normalized spacial score (nSPS) is 17.7. The molecule has 1 fully saturated rings. The van der Waals surface area contributed by atoms with Gasteiger partial charge in [-0.25, -0.2) is 0 Å². The van der Waals surface area contributed by atoms with Gasteiger partial charge in [0.25, 0.3) is 5.91 Å². The molecule has 1 aliphatic rings. The van der Waals surface area contributed by atoms with E-state index in [0.717, 1.165) is 5.56 Å². The van der Waals surface area contributed by atoms with Crippen molar-refractivity contribution >= 4 is 11.6 Å². The van der Waals surface area contributed by atoms with Crippen LogP contribution in [0.5, 0.6) is 0 Å². The van der Waals surface area contributed by atoms with E-state index in [1.807, 2.05) is 24.3 Å². The van der Waals surface area contributed by atoms with Gasteiger partial charge in [0.15, 0.2) is 6.29 Å². The van der Waals surface area contributed by atoms with E-state index in [1.165, 1.54) is 7.11 Å². The molecule has 1 saturated heterocycles. The molecule has 1 amide bonds. The molecular formula is C13H17NO4. The fourth-order valence-corrected chi connectivity index (χ4v) is 1.66. The summed E-state index contributed by atoms with van der Waals surface area (Å²) in [5, 5.41) is 2.78. The van der Waals surface area contributed by atoms with Crippen LogP contribution in [0.15, 0.2) is 24.3 Å². The number of hydrogen-bond acceptors (Lipinski definition) is 4. The molecule has 1 aliphatic heterocycles. The van der Waals surface area contributed by atoms with E-state index in [4.69, 9.17) is 14.2 Å². The molecule has 0 aromatic heterocycles. The maximum absolute atomic E-state index is 11.7. The number of carbonyl (C=O) groups is 1. The summed E-state index contributed by atoms with van der Waals surface area (Å²) in [6.07, 6.45) is -0.811. The second-order valence-corrected chi connectivity index (χ2v) is 4.07. The van der Waals surface area contributed by atoms with Crippen molar-refractivity contribution in [2.24, 2.45) is 0 Å². The summed E-state index contributed by atoms with van der Waals surface area (Å²) in [6, 6.07) is 7.42. The summed E-state index contributed by atoms with van der Waals surface area (Å²) in [5.41, 5.74) is 1.61. The van der Waals surface area contributed by atoms with Crippen LogP contribution in [0.25, 0.3) is 0 Å². The van der Waals surface area contributed by atoms with Gasteiger partial charge in [-0.05, 0) is 19.1 Å². The lowest BCUT2D eigenvalue weighted by atomic mass is 10.2. The molecule has 18 heavy (non-hydrogen) atoms. The van der Waals surface area contributed by atoms with Crippen LogP contribution in [0.4, 0.5) is 5.69 Å². The Morgan fingerprint density at radius 1 is 1.44 bits per heavy atom. The summed E-state index contributed by atoms with van der Waals surface area (Å²) in [6.45, 7) is 2.90. The standard InChI is InChI=1S/C13H17NO4/c1-9(16-2)12(15)14-11-5-3-4-10(8-11)13-17-6-7-18-13/h3-5,8-9,13H,6-7H2,1-2H3,(H,14,15). The van der Waals surface area contributed by atoms with Gasteiger partial charge in [-0.1, -0.05) is 12.1 Å². The van der Waals surface area contributed by atoms with Crippen molar-refractivity contribution < 1.29 is 19.0 Å². The van der Waals surface area contributed by atoms with Crippen LogP contribution < -0.4 is 5.32 Å². The Bertz CT molecular complexity index is 415. The molecule has 2 rings (SSSR count). The molecular weight excluding hydrogens is 234 g/mol. The molecule has 1 unspecified atom stereocenters. The third-order valence-electron chi connectivity index (χ3n) is 2.77. The Balaban J connectivity index is 2.05. The van der Waals surface area contributed by atoms with Crippen molar-refractivity contribution in [3.63, 3.8) is 0 Å². The van der Waals surface area contributed by atoms with Crippen molar-refractivity contribution in [2.45, 2.75) is 19.3 Å². The monoisotopic (exact) mass is 251 g/mol. The SMILES string of the molecule is COC(C)C(=O)Nc1cccc(C2OCCO2)c1. The van der Waals surface area contributed by atoms with Gasteiger partial charge in [-0.15, -0.1) is 0 Å². The molecule has 5 nitrogen and oxygen atoms in total. The topological polar surface area (TPSA) is 56.8 Å². The van der Waals surface area contributed by atoms with E-state index < -0.39 is 6.10 Å². The van der Waals surface area contributed by atoms with Crippen molar-refractivity contribution in [1.82, 2.24) is 0 Å². The minimum Gasteiger partial charge on any atom is -0.372 e. The first-order valence-electron chi connectivity index (χ1n) is 5.87. The summed E-state index contributed by atoms with van der Waals surface area (Å²) >= 11 is 0. The third-order valence-corrected chi connectivity index (χ3v) is 2.77.